The van der Waals surface area contributed by atoms with Crippen LogP contribution in [0.5, 0.6) is 11.5 Å². The molecule has 144 valence electrons. The molecule has 2 aromatic rings. The lowest BCUT2D eigenvalue weighted by molar-refractivity contribution is -0.0811. The standard InChI is InChI=1S/C19H21ClN2O5/c1-25-15-4-3-12(8-16(15)26-2)18-17(11-23)27-6-5-22(18)19(24)13-7-14(20)10-21-9-13/h3-4,7-10,17-18,23H,5-6,11H2,1-2H3/t17-,18-/m1/s1. The van der Waals surface area contributed by atoms with Gasteiger partial charge in [-0.25, -0.2) is 0 Å². The zero-order chi connectivity index (χ0) is 19.4. The van der Waals surface area contributed by atoms with Gasteiger partial charge in [-0.15, -0.1) is 0 Å². The van der Waals surface area contributed by atoms with Crippen molar-refractivity contribution in [2.45, 2.75) is 12.1 Å². The van der Waals surface area contributed by atoms with Gasteiger partial charge in [-0.05, 0) is 23.8 Å². The van der Waals surface area contributed by atoms with E-state index in [1.807, 2.05) is 6.07 Å². The van der Waals surface area contributed by atoms with Gasteiger partial charge in [0.15, 0.2) is 11.5 Å². The van der Waals surface area contributed by atoms with E-state index in [2.05, 4.69) is 4.98 Å². The number of morpholine rings is 1. The minimum Gasteiger partial charge on any atom is -0.493 e. The van der Waals surface area contributed by atoms with Gasteiger partial charge in [-0.2, -0.15) is 0 Å². The zero-order valence-electron chi connectivity index (χ0n) is 15.1. The maximum Gasteiger partial charge on any atom is 0.256 e. The number of amides is 1. The summed E-state index contributed by atoms with van der Waals surface area (Å²) in [4.78, 5) is 18.8. The van der Waals surface area contributed by atoms with Gasteiger partial charge < -0.3 is 24.2 Å². The Kier molecular flexibility index (Phi) is 6.15. The molecule has 1 aliphatic heterocycles. The number of benzene rings is 1. The van der Waals surface area contributed by atoms with Gasteiger partial charge >= 0.3 is 0 Å². The van der Waals surface area contributed by atoms with Gasteiger partial charge in [0.1, 0.15) is 6.10 Å². The molecular formula is C19H21ClN2O5. The molecule has 8 heteroatoms. The number of aromatic nitrogens is 1. The lowest BCUT2D eigenvalue weighted by Gasteiger charge is -2.41. The molecule has 1 aliphatic rings. The number of ether oxygens (including phenoxy) is 3. The van der Waals surface area contributed by atoms with Crippen molar-refractivity contribution in [3.63, 3.8) is 0 Å². The first-order valence-electron chi connectivity index (χ1n) is 8.45. The third kappa shape index (κ3) is 4.00. The number of aliphatic hydroxyl groups is 1. The molecule has 1 aromatic heterocycles. The van der Waals surface area contributed by atoms with Crippen LogP contribution in [0.3, 0.4) is 0 Å². The fourth-order valence-electron chi connectivity index (χ4n) is 3.24. The van der Waals surface area contributed by atoms with E-state index in [1.54, 1.807) is 37.3 Å². The fraction of sp³-hybridized carbons (Fsp3) is 0.368. The maximum absolute atomic E-state index is 13.1. The van der Waals surface area contributed by atoms with E-state index in [9.17, 15) is 9.90 Å². The Balaban J connectivity index is 2.00. The number of hydrogen-bond acceptors (Lipinski definition) is 6. The van der Waals surface area contributed by atoms with E-state index in [1.165, 1.54) is 12.4 Å². The highest BCUT2D eigenvalue weighted by Gasteiger charge is 2.37. The van der Waals surface area contributed by atoms with Crippen LogP contribution in [0.4, 0.5) is 0 Å². The Morgan fingerprint density at radius 1 is 1.30 bits per heavy atom. The number of methoxy groups -OCH3 is 2. The van der Waals surface area contributed by atoms with Gasteiger partial charge in [0.05, 0.1) is 44.1 Å². The molecule has 1 saturated heterocycles. The average molecular weight is 393 g/mol. The molecule has 1 fully saturated rings. The summed E-state index contributed by atoms with van der Waals surface area (Å²) in [6.07, 6.45) is 2.39. The van der Waals surface area contributed by atoms with E-state index in [4.69, 9.17) is 25.8 Å². The molecule has 0 unspecified atom stereocenters. The zero-order valence-corrected chi connectivity index (χ0v) is 15.8. The number of halogens is 1. The Morgan fingerprint density at radius 2 is 2.07 bits per heavy atom. The predicted octanol–water partition coefficient (Wildman–Crippen LogP) is 2.33. The maximum atomic E-state index is 13.1. The van der Waals surface area contributed by atoms with E-state index >= 15 is 0 Å². The topological polar surface area (TPSA) is 81.1 Å². The van der Waals surface area contributed by atoms with E-state index < -0.39 is 12.1 Å². The molecule has 7 nitrogen and oxygen atoms in total. The molecule has 0 bridgehead atoms. The minimum atomic E-state index is -0.562. The largest absolute Gasteiger partial charge is 0.493 e. The normalized spacial score (nSPS) is 19.6. The van der Waals surface area contributed by atoms with Crippen molar-refractivity contribution < 1.29 is 24.1 Å². The number of hydrogen-bond donors (Lipinski definition) is 1. The van der Waals surface area contributed by atoms with Crippen LogP contribution in [-0.2, 0) is 4.74 Å². The number of rotatable bonds is 5. The average Bonchev–Trinajstić information content (AvgIpc) is 2.72. The monoisotopic (exact) mass is 392 g/mol. The number of pyridine rings is 1. The van der Waals surface area contributed by atoms with Gasteiger partial charge in [-0.1, -0.05) is 17.7 Å². The number of nitrogens with zero attached hydrogens (tertiary/aromatic N) is 2. The van der Waals surface area contributed by atoms with Crippen molar-refractivity contribution in [2.75, 3.05) is 34.0 Å². The Bertz CT molecular complexity index is 816. The number of carbonyl (C=O) groups excluding carboxylic acids is 1. The predicted molar refractivity (Wildman–Crippen MR) is 99.4 cm³/mol. The quantitative estimate of drug-likeness (QED) is 0.841. The second-order valence-electron chi connectivity index (χ2n) is 6.04. The summed E-state index contributed by atoms with van der Waals surface area (Å²) in [5.74, 6) is 0.885. The first-order chi connectivity index (χ1) is 13.1. The van der Waals surface area contributed by atoms with Crippen LogP contribution >= 0.6 is 11.6 Å². The summed E-state index contributed by atoms with van der Waals surface area (Å²) in [7, 11) is 3.10. The van der Waals surface area contributed by atoms with Crippen molar-refractivity contribution in [1.29, 1.82) is 0 Å². The summed E-state index contributed by atoms with van der Waals surface area (Å²) in [5, 5.41) is 10.2. The van der Waals surface area contributed by atoms with Crippen molar-refractivity contribution in [1.82, 2.24) is 9.88 Å². The van der Waals surface area contributed by atoms with E-state index in [0.29, 0.717) is 35.2 Å². The third-order valence-corrected chi connectivity index (χ3v) is 4.70. The van der Waals surface area contributed by atoms with Crippen molar-refractivity contribution in [2.24, 2.45) is 0 Å². The van der Waals surface area contributed by atoms with Crippen LogP contribution in [-0.4, -0.2) is 61.0 Å². The lowest BCUT2D eigenvalue weighted by Crippen LogP contribution is -2.49. The Labute approximate surface area is 162 Å². The highest BCUT2D eigenvalue weighted by Crippen LogP contribution is 2.36. The molecule has 0 aliphatic carbocycles. The van der Waals surface area contributed by atoms with Crippen molar-refractivity contribution in [3.05, 3.63) is 52.8 Å². The summed E-state index contributed by atoms with van der Waals surface area (Å²) in [6.45, 7) is 0.478. The summed E-state index contributed by atoms with van der Waals surface area (Å²) >= 11 is 5.98. The van der Waals surface area contributed by atoms with Crippen molar-refractivity contribution >= 4 is 17.5 Å². The molecule has 1 amide bonds. The van der Waals surface area contributed by atoms with Crippen LogP contribution in [0.1, 0.15) is 22.0 Å². The van der Waals surface area contributed by atoms with Crippen LogP contribution < -0.4 is 9.47 Å². The number of aliphatic hydroxyl groups excluding tert-OH is 1. The molecule has 27 heavy (non-hydrogen) atoms. The first kappa shape index (κ1) is 19.4. The Morgan fingerprint density at radius 3 is 2.74 bits per heavy atom. The van der Waals surface area contributed by atoms with E-state index in [-0.39, 0.29) is 12.5 Å². The lowest BCUT2D eigenvalue weighted by atomic mass is 9.97. The van der Waals surface area contributed by atoms with Gasteiger partial charge in [0, 0.05) is 18.9 Å². The second-order valence-corrected chi connectivity index (χ2v) is 6.48. The van der Waals surface area contributed by atoms with E-state index in [0.717, 1.165) is 5.56 Å². The molecule has 2 heterocycles. The molecule has 0 radical (unpaired) electrons. The minimum absolute atomic E-state index is 0.226. The summed E-state index contributed by atoms with van der Waals surface area (Å²) in [5.41, 5.74) is 1.15. The molecule has 1 N–H and O–H groups in total. The van der Waals surface area contributed by atoms with Crippen LogP contribution in [0.15, 0.2) is 36.7 Å². The van der Waals surface area contributed by atoms with Crippen LogP contribution in [0.25, 0.3) is 0 Å². The molecule has 3 rings (SSSR count). The third-order valence-electron chi connectivity index (χ3n) is 4.49. The fourth-order valence-corrected chi connectivity index (χ4v) is 3.41. The molecule has 0 spiro atoms. The van der Waals surface area contributed by atoms with Crippen LogP contribution in [0.2, 0.25) is 5.02 Å². The summed E-state index contributed by atoms with van der Waals surface area (Å²) in [6, 6.07) is 6.47. The van der Waals surface area contributed by atoms with Gasteiger partial charge in [0.2, 0.25) is 0 Å². The van der Waals surface area contributed by atoms with Gasteiger partial charge in [-0.3, -0.25) is 9.78 Å². The smallest absolute Gasteiger partial charge is 0.256 e. The number of carbonyl (C=O) groups is 1. The van der Waals surface area contributed by atoms with Gasteiger partial charge in [0.25, 0.3) is 5.91 Å². The SMILES string of the molecule is COc1ccc([C@@H]2[C@@H](CO)OCCN2C(=O)c2cncc(Cl)c2)cc1OC. The molecule has 2 atom stereocenters. The second kappa shape index (κ2) is 8.56. The molecular weight excluding hydrogens is 372 g/mol. The summed E-state index contributed by atoms with van der Waals surface area (Å²) < 4.78 is 16.4. The van der Waals surface area contributed by atoms with Crippen LogP contribution in [0, 0.1) is 0 Å². The highest BCUT2D eigenvalue weighted by atomic mass is 35.5. The Hall–Kier alpha value is -2.35. The molecule has 0 saturated carbocycles. The van der Waals surface area contributed by atoms with Crippen molar-refractivity contribution in [3.8, 4) is 11.5 Å². The highest BCUT2D eigenvalue weighted by molar-refractivity contribution is 6.30. The molecule has 1 aromatic carbocycles. The first-order valence-corrected chi connectivity index (χ1v) is 8.82.